The number of hydrogen-bond acceptors (Lipinski definition) is 7. The van der Waals surface area contributed by atoms with Crippen molar-refractivity contribution in [3.8, 4) is 10.8 Å². The van der Waals surface area contributed by atoms with Gasteiger partial charge in [0.05, 0.1) is 0 Å². The summed E-state index contributed by atoms with van der Waals surface area (Å²) in [6.07, 6.45) is 8.35. The van der Waals surface area contributed by atoms with Crippen LogP contribution in [0.5, 0.6) is 0 Å². The first-order valence-electron chi connectivity index (χ1n) is 7.84. The lowest BCUT2D eigenvalue weighted by Crippen LogP contribution is -2.44. The molecule has 0 atom stereocenters. The molecule has 0 aliphatic carbocycles. The smallest absolute Gasteiger partial charge is 0.190 e. The molecule has 0 unspecified atom stereocenters. The number of rotatable bonds is 3. The van der Waals surface area contributed by atoms with Gasteiger partial charge in [0.1, 0.15) is 17.2 Å². The Labute approximate surface area is 143 Å². The van der Waals surface area contributed by atoms with Crippen molar-refractivity contribution in [3.63, 3.8) is 0 Å². The molecule has 0 radical (unpaired) electrons. The van der Waals surface area contributed by atoms with Crippen molar-refractivity contribution in [2.24, 2.45) is 7.05 Å². The van der Waals surface area contributed by atoms with Crippen molar-refractivity contribution in [1.82, 2.24) is 24.5 Å². The van der Waals surface area contributed by atoms with E-state index in [0.717, 1.165) is 29.7 Å². The molecule has 7 nitrogen and oxygen atoms in total. The van der Waals surface area contributed by atoms with Gasteiger partial charge in [0.2, 0.25) is 0 Å². The van der Waals surface area contributed by atoms with Crippen LogP contribution >= 0.6 is 11.3 Å². The highest BCUT2D eigenvalue weighted by Gasteiger charge is 2.37. The highest BCUT2D eigenvalue weighted by atomic mass is 32.1. The molecule has 4 rings (SSSR count). The van der Waals surface area contributed by atoms with Crippen LogP contribution in [0.1, 0.15) is 18.7 Å². The molecule has 124 valence electrons. The Morgan fingerprint density at radius 2 is 1.96 bits per heavy atom. The molecule has 24 heavy (non-hydrogen) atoms. The van der Waals surface area contributed by atoms with Crippen molar-refractivity contribution in [3.05, 3.63) is 42.1 Å². The molecular weight excluding hydrogens is 324 g/mol. The summed E-state index contributed by atoms with van der Waals surface area (Å²) in [4.78, 5) is 19.7. The van der Waals surface area contributed by atoms with E-state index in [1.54, 1.807) is 18.6 Å². The Hall–Kier alpha value is -2.32. The van der Waals surface area contributed by atoms with Crippen LogP contribution in [0.3, 0.4) is 0 Å². The number of aliphatic hydroxyl groups is 1. The molecule has 1 fully saturated rings. The highest BCUT2D eigenvalue weighted by Crippen LogP contribution is 2.33. The van der Waals surface area contributed by atoms with E-state index in [1.807, 2.05) is 29.3 Å². The van der Waals surface area contributed by atoms with Gasteiger partial charge in [0.25, 0.3) is 0 Å². The van der Waals surface area contributed by atoms with Gasteiger partial charge in [-0.3, -0.25) is 0 Å². The number of hydrogen-bond donors (Lipinski definition) is 1. The van der Waals surface area contributed by atoms with E-state index in [4.69, 9.17) is 0 Å². The average molecular weight is 342 g/mol. The minimum atomic E-state index is -0.875. The van der Waals surface area contributed by atoms with Gasteiger partial charge in [0, 0.05) is 63.1 Å². The molecule has 0 spiro atoms. The number of aryl methyl sites for hydroxylation is 1. The van der Waals surface area contributed by atoms with Crippen LogP contribution in [0, 0.1) is 0 Å². The maximum Gasteiger partial charge on any atom is 0.190 e. The van der Waals surface area contributed by atoms with Crippen molar-refractivity contribution in [2.75, 3.05) is 18.0 Å². The van der Waals surface area contributed by atoms with Crippen LogP contribution in [0.15, 0.2) is 36.2 Å². The fourth-order valence-electron chi connectivity index (χ4n) is 3.11. The molecule has 1 N–H and O–H groups in total. The second-order valence-corrected chi connectivity index (χ2v) is 6.85. The average Bonchev–Trinajstić information content (AvgIpc) is 3.27. The molecule has 8 heteroatoms. The molecule has 0 saturated carbocycles. The number of thiazole rings is 1. The van der Waals surface area contributed by atoms with Crippen molar-refractivity contribution >= 4 is 17.2 Å². The van der Waals surface area contributed by atoms with Crippen LogP contribution in [-0.4, -0.2) is 42.7 Å². The number of piperidine rings is 1. The van der Waals surface area contributed by atoms with Crippen LogP contribution in [0.2, 0.25) is 0 Å². The van der Waals surface area contributed by atoms with Crippen LogP contribution in [0.25, 0.3) is 10.8 Å². The summed E-state index contributed by atoms with van der Waals surface area (Å²) in [7, 11) is 1.91. The monoisotopic (exact) mass is 342 g/mol. The molecule has 0 amide bonds. The third-order valence-electron chi connectivity index (χ3n) is 4.42. The Morgan fingerprint density at radius 3 is 2.62 bits per heavy atom. The third-order valence-corrected chi connectivity index (χ3v) is 5.19. The zero-order valence-corrected chi connectivity index (χ0v) is 14.1. The zero-order valence-electron chi connectivity index (χ0n) is 13.3. The predicted octanol–water partition coefficient (Wildman–Crippen LogP) is 1.82. The summed E-state index contributed by atoms with van der Waals surface area (Å²) in [6.45, 7) is 1.44. The maximum atomic E-state index is 10.9. The van der Waals surface area contributed by atoms with Crippen LogP contribution in [0.4, 0.5) is 5.82 Å². The lowest BCUT2D eigenvalue weighted by atomic mass is 9.90. The van der Waals surface area contributed by atoms with E-state index in [0.29, 0.717) is 18.7 Å². The highest BCUT2D eigenvalue weighted by molar-refractivity contribution is 7.12. The van der Waals surface area contributed by atoms with Gasteiger partial charge in [-0.15, -0.1) is 11.3 Å². The standard InChI is InChI=1S/C16H18N6OS/c1-21-10-6-19-15(21)16(23)3-8-22(9-4-16)12-2-5-17-13(20-12)14-18-7-11-24-14/h2,5-7,10-11,23H,3-4,8-9H2,1H3. The first-order valence-corrected chi connectivity index (χ1v) is 8.72. The van der Waals surface area contributed by atoms with Gasteiger partial charge in [-0.25, -0.2) is 19.9 Å². The second kappa shape index (κ2) is 5.95. The summed E-state index contributed by atoms with van der Waals surface area (Å²) >= 11 is 1.53. The lowest BCUT2D eigenvalue weighted by molar-refractivity contribution is 0.000673. The molecule has 4 heterocycles. The van der Waals surface area contributed by atoms with Gasteiger partial charge in [0.15, 0.2) is 10.8 Å². The van der Waals surface area contributed by atoms with E-state index in [1.165, 1.54) is 11.3 Å². The Morgan fingerprint density at radius 1 is 1.12 bits per heavy atom. The topological polar surface area (TPSA) is 80.0 Å². The zero-order chi connectivity index (χ0) is 16.6. The molecule has 0 aromatic carbocycles. The van der Waals surface area contributed by atoms with Crippen molar-refractivity contribution in [1.29, 1.82) is 0 Å². The largest absolute Gasteiger partial charge is 0.382 e. The molecule has 1 aliphatic heterocycles. The third kappa shape index (κ3) is 2.67. The van der Waals surface area contributed by atoms with Gasteiger partial charge in [-0.2, -0.15) is 0 Å². The lowest BCUT2D eigenvalue weighted by Gasteiger charge is -2.38. The number of anilines is 1. The fraction of sp³-hybridized carbons (Fsp3) is 0.375. The predicted molar refractivity (Wildman–Crippen MR) is 91.7 cm³/mol. The molecule has 1 saturated heterocycles. The quantitative estimate of drug-likeness (QED) is 0.782. The maximum absolute atomic E-state index is 10.9. The van der Waals surface area contributed by atoms with E-state index in [-0.39, 0.29) is 0 Å². The van der Waals surface area contributed by atoms with Crippen molar-refractivity contribution in [2.45, 2.75) is 18.4 Å². The number of aromatic nitrogens is 5. The summed E-state index contributed by atoms with van der Waals surface area (Å²) in [6, 6.07) is 1.91. The molecular formula is C16H18N6OS. The van der Waals surface area contributed by atoms with E-state index in [9.17, 15) is 5.11 Å². The first-order chi connectivity index (χ1) is 11.7. The van der Waals surface area contributed by atoms with Gasteiger partial charge in [-0.05, 0) is 6.07 Å². The minimum absolute atomic E-state index is 0.619. The Kier molecular flexibility index (Phi) is 3.78. The van der Waals surface area contributed by atoms with Gasteiger partial charge in [-0.1, -0.05) is 0 Å². The Bertz CT molecular complexity index is 823. The van der Waals surface area contributed by atoms with Gasteiger partial charge < -0.3 is 14.6 Å². The second-order valence-electron chi connectivity index (χ2n) is 5.96. The SMILES string of the molecule is Cn1ccnc1C1(O)CCN(c2ccnc(-c3nccs3)n2)CC1. The summed E-state index contributed by atoms with van der Waals surface area (Å²) < 4.78 is 1.89. The summed E-state index contributed by atoms with van der Waals surface area (Å²) in [5, 5.41) is 13.7. The Balaban J connectivity index is 1.52. The van der Waals surface area contributed by atoms with Crippen molar-refractivity contribution < 1.29 is 5.11 Å². The fourth-order valence-corrected chi connectivity index (χ4v) is 3.68. The van der Waals surface area contributed by atoms with Crippen LogP contribution < -0.4 is 4.90 Å². The molecule has 3 aromatic rings. The number of nitrogens with zero attached hydrogens (tertiary/aromatic N) is 6. The number of imidazole rings is 1. The van der Waals surface area contributed by atoms with E-state index >= 15 is 0 Å². The molecule has 3 aromatic heterocycles. The minimum Gasteiger partial charge on any atom is -0.382 e. The van der Waals surface area contributed by atoms with E-state index < -0.39 is 5.60 Å². The molecule has 1 aliphatic rings. The normalized spacial score (nSPS) is 17.2. The van der Waals surface area contributed by atoms with Gasteiger partial charge >= 0.3 is 0 Å². The summed E-state index contributed by atoms with van der Waals surface area (Å²) in [5.74, 6) is 2.25. The summed E-state index contributed by atoms with van der Waals surface area (Å²) in [5.41, 5.74) is -0.875. The van der Waals surface area contributed by atoms with E-state index in [2.05, 4.69) is 24.8 Å². The molecule has 0 bridgehead atoms. The first kappa shape index (κ1) is 15.2. The van der Waals surface area contributed by atoms with Crippen LogP contribution in [-0.2, 0) is 12.6 Å².